The Bertz CT molecular complexity index is 635. The van der Waals surface area contributed by atoms with Gasteiger partial charge in [-0.3, -0.25) is 0 Å². The fourth-order valence-corrected chi connectivity index (χ4v) is 2.87. The van der Waals surface area contributed by atoms with Gasteiger partial charge in [-0.2, -0.15) is 5.10 Å². The van der Waals surface area contributed by atoms with Crippen molar-refractivity contribution >= 4 is 10.9 Å². The molecule has 1 saturated heterocycles. The Morgan fingerprint density at radius 2 is 2.29 bits per heavy atom. The summed E-state index contributed by atoms with van der Waals surface area (Å²) in [4.78, 5) is 0. The second kappa shape index (κ2) is 8.46. The Kier molecular flexibility index (Phi) is 6.07. The molecule has 132 valence electrons. The summed E-state index contributed by atoms with van der Waals surface area (Å²) in [6.45, 7) is 4.07. The van der Waals surface area contributed by atoms with Crippen LogP contribution in [0.25, 0.3) is 10.9 Å². The van der Waals surface area contributed by atoms with Gasteiger partial charge in [-0.25, -0.2) is 4.68 Å². The molecule has 6 nitrogen and oxygen atoms in total. The molecule has 2 heterocycles. The van der Waals surface area contributed by atoms with Crippen LogP contribution in [0.1, 0.15) is 38.8 Å². The van der Waals surface area contributed by atoms with Gasteiger partial charge < -0.3 is 19.3 Å². The van der Waals surface area contributed by atoms with Crippen molar-refractivity contribution in [2.75, 3.05) is 26.4 Å². The summed E-state index contributed by atoms with van der Waals surface area (Å²) in [7, 11) is 0. The highest BCUT2D eigenvalue weighted by molar-refractivity contribution is 5.80. The number of aromatic nitrogens is 2. The van der Waals surface area contributed by atoms with Gasteiger partial charge >= 0.3 is 0 Å². The minimum atomic E-state index is -0.419. The average Bonchev–Trinajstić information content (AvgIpc) is 3.01. The average molecular weight is 334 g/mol. The maximum Gasteiger partial charge on any atom is 0.150 e. The largest absolute Gasteiger partial charge is 0.493 e. The zero-order chi connectivity index (χ0) is 16.8. The molecule has 0 spiro atoms. The Balaban J connectivity index is 1.53. The lowest BCUT2D eigenvalue weighted by Gasteiger charge is -2.23. The number of hydrogen-bond acceptors (Lipinski definition) is 5. The second-order valence-corrected chi connectivity index (χ2v) is 6.26. The van der Waals surface area contributed by atoms with Crippen LogP contribution in [-0.4, -0.2) is 47.4 Å². The summed E-state index contributed by atoms with van der Waals surface area (Å²) >= 11 is 0. The van der Waals surface area contributed by atoms with Gasteiger partial charge in [0, 0.05) is 25.0 Å². The molecule has 1 unspecified atom stereocenters. The monoisotopic (exact) mass is 334 g/mol. The molecule has 2 aromatic rings. The van der Waals surface area contributed by atoms with E-state index in [1.165, 1.54) is 6.42 Å². The molecule has 1 aliphatic heterocycles. The number of fused-ring (bicyclic) bond motifs is 1. The molecule has 1 aromatic carbocycles. The van der Waals surface area contributed by atoms with Gasteiger partial charge in [-0.1, -0.05) is 0 Å². The van der Waals surface area contributed by atoms with Crippen LogP contribution in [-0.2, 0) is 9.47 Å². The van der Waals surface area contributed by atoms with E-state index in [1.807, 2.05) is 29.1 Å². The summed E-state index contributed by atoms with van der Waals surface area (Å²) < 4.78 is 18.9. The Morgan fingerprint density at radius 1 is 1.38 bits per heavy atom. The maximum absolute atomic E-state index is 9.11. The lowest BCUT2D eigenvalue weighted by atomic mass is 10.2. The topological polar surface area (TPSA) is 65.7 Å². The molecule has 6 heteroatoms. The van der Waals surface area contributed by atoms with E-state index in [-0.39, 0.29) is 6.23 Å². The van der Waals surface area contributed by atoms with Gasteiger partial charge in [0.1, 0.15) is 5.75 Å². The van der Waals surface area contributed by atoms with E-state index in [9.17, 15) is 0 Å². The molecule has 3 rings (SSSR count). The van der Waals surface area contributed by atoms with Gasteiger partial charge in [-0.05, 0) is 44.4 Å². The summed E-state index contributed by atoms with van der Waals surface area (Å²) in [5.74, 6) is 0.835. The van der Waals surface area contributed by atoms with Gasteiger partial charge in [0.05, 0.1) is 31.0 Å². The number of aliphatic hydroxyl groups excluding tert-OH is 1. The molecule has 0 radical (unpaired) electrons. The molecule has 0 bridgehead atoms. The summed E-state index contributed by atoms with van der Waals surface area (Å²) in [5, 5.41) is 14.7. The van der Waals surface area contributed by atoms with Crippen LogP contribution in [0.5, 0.6) is 5.75 Å². The van der Waals surface area contributed by atoms with Crippen molar-refractivity contribution in [3.63, 3.8) is 0 Å². The highest BCUT2D eigenvalue weighted by Gasteiger charge is 2.18. The van der Waals surface area contributed by atoms with Crippen LogP contribution in [0.15, 0.2) is 24.4 Å². The molecule has 24 heavy (non-hydrogen) atoms. The first-order valence-electron chi connectivity index (χ1n) is 8.71. The number of benzene rings is 1. The third-order valence-electron chi connectivity index (χ3n) is 4.06. The Hall–Kier alpha value is -1.63. The lowest BCUT2D eigenvalue weighted by Crippen LogP contribution is -2.18. The van der Waals surface area contributed by atoms with Gasteiger partial charge in [0.25, 0.3) is 0 Å². The first-order valence-corrected chi connectivity index (χ1v) is 8.71. The normalized spacial score (nSPS) is 19.5. The van der Waals surface area contributed by atoms with Crippen LogP contribution < -0.4 is 4.74 Å². The SMILES string of the molecule is C[C@H](O)COCCCOc1ccc2c(cnn2C2CCCCO2)c1. The minimum absolute atomic E-state index is 0.0501. The number of nitrogens with zero attached hydrogens (tertiary/aromatic N) is 2. The van der Waals surface area contributed by atoms with E-state index in [4.69, 9.17) is 19.3 Å². The standard InChI is InChI=1S/C18H26N2O4/c1-14(21)13-22-8-4-10-23-16-6-7-17-15(11-16)12-19-20(17)18-5-2-3-9-24-18/h6-7,11-12,14,18,21H,2-5,8-10,13H2,1H3/t14-,18?/m0/s1. The van der Waals surface area contributed by atoms with Crippen LogP contribution in [0.2, 0.25) is 0 Å². The van der Waals surface area contributed by atoms with E-state index in [1.54, 1.807) is 6.92 Å². The summed E-state index contributed by atoms with van der Waals surface area (Å²) in [5.41, 5.74) is 1.08. The van der Waals surface area contributed by atoms with Crippen LogP contribution >= 0.6 is 0 Å². The van der Waals surface area contributed by atoms with Crippen molar-refractivity contribution in [3.05, 3.63) is 24.4 Å². The fourth-order valence-electron chi connectivity index (χ4n) is 2.87. The van der Waals surface area contributed by atoms with Crippen LogP contribution in [0.3, 0.4) is 0 Å². The zero-order valence-corrected chi connectivity index (χ0v) is 14.2. The predicted octanol–water partition coefficient (Wildman–Crippen LogP) is 2.90. The van der Waals surface area contributed by atoms with Crippen molar-refractivity contribution in [2.45, 2.75) is 44.9 Å². The van der Waals surface area contributed by atoms with Gasteiger partial charge in [0.15, 0.2) is 6.23 Å². The van der Waals surface area contributed by atoms with Crippen LogP contribution in [0, 0.1) is 0 Å². The Morgan fingerprint density at radius 3 is 3.08 bits per heavy atom. The van der Waals surface area contributed by atoms with E-state index < -0.39 is 6.10 Å². The smallest absolute Gasteiger partial charge is 0.150 e. The van der Waals surface area contributed by atoms with E-state index in [0.717, 1.165) is 42.5 Å². The molecule has 1 aromatic heterocycles. The quantitative estimate of drug-likeness (QED) is 0.752. The van der Waals surface area contributed by atoms with Gasteiger partial charge in [-0.15, -0.1) is 0 Å². The van der Waals surface area contributed by atoms with Crippen molar-refractivity contribution in [3.8, 4) is 5.75 Å². The molecule has 0 amide bonds. The maximum atomic E-state index is 9.11. The number of rotatable bonds is 8. The summed E-state index contributed by atoms with van der Waals surface area (Å²) in [6, 6.07) is 6.03. The highest BCUT2D eigenvalue weighted by Crippen LogP contribution is 2.28. The third kappa shape index (κ3) is 4.47. The van der Waals surface area contributed by atoms with E-state index in [0.29, 0.717) is 19.8 Å². The van der Waals surface area contributed by atoms with Crippen molar-refractivity contribution in [2.24, 2.45) is 0 Å². The second-order valence-electron chi connectivity index (χ2n) is 6.26. The molecule has 0 aliphatic carbocycles. The first kappa shape index (κ1) is 17.2. The lowest BCUT2D eigenvalue weighted by molar-refractivity contribution is -0.0366. The van der Waals surface area contributed by atoms with E-state index in [2.05, 4.69) is 5.10 Å². The highest BCUT2D eigenvalue weighted by atomic mass is 16.5. The number of ether oxygens (including phenoxy) is 3. The van der Waals surface area contributed by atoms with Crippen molar-refractivity contribution in [1.29, 1.82) is 0 Å². The van der Waals surface area contributed by atoms with Crippen LogP contribution in [0.4, 0.5) is 0 Å². The molecule has 1 fully saturated rings. The Labute approximate surface area is 142 Å². The molecular formula is C18H26N2O4. The zero-order valence-electron chi connectivity index (χ0n) is 14.2. The van der Waals surface area contributed by atoms with Crippen molar-refractivity contribution < 1.29 is 19.3 Å². The molecule has 0 saturated carbocycles. The summed E-state index contributed by atoms with van der Waals surface area (Å²) in [6.07, 6.45) is 5.62. The minimum Gasteiger partial charge on any atom is -0.493 e. The first-order chi connectivity index (χ1) is 11.7. The third-order valence-corrected chi connectivity index (χ3v) is 4.06. The molecular weight excluding hydrogens is 308 g/mol. The molecule has 2 atom stereocenters. The molecule has 1 aliphatic rings. The van der Waals surface area contributed by atoms with Crippen molar-refractivity contribution in [1.82, 2.24) is 9.78 Å². The number of aliphatic hydroxyl groups is 1. The molecule has 1 N–H and O–H groups in total. The predicted molar refractivity (Wildman–Crippen MR) is 91.2 cm³/mol. The van der Waals surface area contributed by atoms with Gasteiger partial charge in [0.2, 0.25) is 0 Å². The number of hydrogen-bond donors (Lipinski definition) is 1. The van der Waals surface area contributed by atoms with E-state index >= 15 is 0 Å². The fraction of sp³-hybridized carbons (Fsp3) is 0.611.